The first kappa shape index (κ1) is 8.53. The van der Waals surface area contributed by atoms with Crippen LogP contribution in [0.1, 0.15) is 32.6 Å². The monoisotopic (exact) mass is 183 g/mol. The van der Waals surface area contributed by atoms with E-state index in [0.717, 1.165) is 19.3 Å². The molecule has 1 aliphatic heterocycles. The molecule has 2 rings (SSSR count). The normalized spacial score (nSPS) is 37.6. The highest BCUT2D eigenvalue weighted by Gasteiger charge is 2.53. The topological polar surface area (TPSA) is 55.4 Å². The van der Waals surface area contributed by atoms with Crippen molar-refractivity contribution < 1.29 is 14.3 Å². The number of carbonyl (C=O) groups is 2. The van der Waals surface area contributed by atoms with Gasteiger partial charge in [0.15, 0.2) is 11.4 Å². The molecule has 0 aromatic rings. The molecule has 0 radical (unpaired) electrons. The Morgan fingerprint density at radius 1 is 1.62 bits per heavy atom. The van der Waals surface area contributed by atoms with E-state index in [1.54, 1.807) is 0 Å². The summed E-state index contributed by atoms with van der Waals surface area (Å²) >= 11 is 0. The molecule has 1 heterocycles. The Bertz CT molecular complexity index is 264. The average Bonchev–Trinajstić information content (AvgIpc) is 2.41. The summed E-state index contributed by atoms with van der Waals surface area (Å²) in [6, 6.07) is -0.0914. The zero-order chi connectivity index (χ0) is 9.47. The first-order valence-electron chi connectivity index (χ1n) is 4.66. The van der Waals surface area contributed by atoms with E-state index in [1.165, 1.54) is 6.92 Å². The molecule has 4 nitrogen and oxygen atoms in total. The summed E-state index contributed by atoms with van der Waals surface area (Å²) in [6.45, 7) is 1.50. The summed E-state index contributed by atoms with van der Waals surface area (Å²) in [5.74, 6) is -0.0319. The third-order valence-electron chi connectivity index (χ3n) is 3.02. The lowest BCUT2D eigenvalue weighted by Gasteiger charge is -2.33. The largest absolute Gasteiger partial charge is 0.433 e. The highest BCUT2D eigenvalue weighted by Crippen LogP contribution is 2.36. The number of fused-ring (bicyclic) bond motifs is 1. The maximum atomic E-state index is 11.4. The molecule has 2 atom stereocenters. The first-order valence-corrected chi connectivity index (χ1v) is 4.66. The zero-order valence-corrected chi connectivity index (χ0v) is 7.63. The Hall–Kier alpha value is -1.06. The predicted octanol–water partition coefficient (Wildman–Crippen LogP) is 0.997. The van der Waals surface area contributed by atoms with Crippen molar-refractivity contribution in [1.82, 2.24) is 5.32 Å². The second-order valence-corrected chi connectivity index (χ2v) is 3.78. The van der Waals surface area contributed by atoms with Crippen molar-refractivity contribution in [2.45, 2.75) is 44.2 Å². The van der Waals surface area contributed by atoms with Gasteiger partial charge < -0.3 is 10.1 Å². The van der Waals surface area contributed by atoms with Crippen LogP contribution in [0.4, 0.5) is 4.79 Å². The quantitative estimate of drug-likeness (QED) is 0.659. The van der Waals surface area contributed by atoms with E-state index in [4.69, 9.17) is 4.74 Å². The molecule has 13 heavy (non-hydrogen) atoms. The SMILES string of the molecule is CC(=O)[C@@]12CCCC[C@@H]1NC(=O)O2. The summed E-state index contributed by atoms with van der Waals surface area (Å²) < 4.78 is 5.11. The minimum atomic E-state index is -0.838. The first-order chi connectivity index (χ1) is 6.15. The zero-order valence-electron chi connectivity index (χ0n) is 7.63. The second kappa shape index (κ2) is 2.72. The maximum absolute atomic E-state index is 11.4. The number of nitrogens with one attached hydrogen (secondary N) is 1. The molecule has 0 aromatic carbocycles. The number of ketones is 1. The van der Waals surface area contributed by atoms with Gasteiger partial charge in [-0.15, -0.1) is 0 Å². The summed E-state index contributed by atoms with van der Waals surface area (Å²) in [5, 5.41) is 2.70. The fraction of sp³-hybridized carbons (Fsp3) is 0.778. The van der Waals surface area contributed by atoms with Gasteiger partial charge in [0.25, 0.3) is 0 Å². The van der Waals surface area contributed by atoms with Gasteiger partial charge in [-0.1, -0.05) is 6.42 Å². The molecular weight excluding hydrogens is 170 g/mol. The van der Waals surface area contributed by atoms with Crippen LogP contribution in [0.2, 0.25) is 0 Å². The summed E-state index contributed by atoms with van der Waals surface area (Å²) in [4.78, 5) is 22.5. The molecular formula is C9H13NO3. The molecule has 1 N–H and O–H groups in total. The number of hydrogen-bond donors (Lipinski definition) is 1. The van der Waals surface area contributed by atoms with E-state index >= 15 is 0 Å². The van der Waals surface area contributed by atoms with E-state index in [9.17, 15) is 9.59 Å². The number of alkyl carbamates (subject to hydrolysis) is 1. The van der Waals surface area contributed by atoms with E-state index in [-0.39, 0.29) is 11.8 Å². The summed E-state index contributed by atoms with van der Waals surface area (Å²) in [6.07, 6.45) is 3.10. The van der Waals surface area contributed by atoms with Crippen LogP contribution in [-0.4, -0.2) is 23.5 Å². The summed E-state index contributed by atoms with van der Waals surface area (Å²) in [7, 11) is 0. The lowest BCUT2D eigenvalue weighted by atomic mass is 9.78. The number of hydrogen-bond acceptors (Lipinski definition) is 3. The Morgan fingerprint density at radius 3 is 3.00 bits per heavy atom. The Labute approximate surface area is 76.6 Å². The third kappa shape index (κ3) is 1.12. The van der Waals surface area contributed by atoms with E-state index in [0.29, 0.717) is 6.42 Å². The van der Waals surface area contributed by atoms with Crippen LogP contribution in [0.25, 0.3) is 0 Å². The highest BCUT2D eigenvalue weighted by atomic mass is 16.6. The van der Waals surface area contributed by atoms with Crippen LogP contribution in [0, 0.1) is 0 Å². The van der Waals surface area contributed by atoms with Gasteiger partial charge in [-0.25, -0.2) is 4.79 Å². The van der Waals surface area contributed by atoms with Crippen LogP contribution in [-0.2, 0) is 9.53 Å². The average molecular weight is 183 g/mol. The van der Waals surface area contributed by atoms with Crippen LogP contribution >= 0.6 is 0 Å². The number of amides is 1. The Morgan fingerprint density at radius 2 is 2.38 bits per heavy atom. The van der Waals surface area contributed by atoms with E-state index < -0.39 is 11.7 Å². The van der Waals surface area contributed by atoms with Gasteiger partial charge in [-0.2, -0.15) is 0 Å². The lowest BCUT2D eigenvalue weighted by molar-refractivity contribution is -0.136. The molecule has 1 saturated carbocycles. The molecule has 0 spiro atoms. The number of carbonyl (C=O) groups excluding carboxylic acids is 2. The third-order valence-corrected chi connectivity index (χ3v) is 3.02. The van der Waals surface area contributed by atoms with Gasteiger partial charge in [0.05, 0.1) is 6.04 Å². The van der Waals surface area contributed by atoms with Crippen molar-refractivity contribution in [1.29, 1.82) is 0 Å². The van der Waals surface area contributed by atoms with Gasteiger partial charge >= 0.3 is 6.09 Å². The molecule has 1 aliphatic carbocycles. The van der Waals surface area contributed by atoms with Crippen molar-refractivity contribution in [3.05, 3.63) is 0 Å². The predicted molar refractivity (Wildman–Crippen MR) is 45.3 cm³/mol. The standard InChI is InChI=1S/C9H13NO3/c1-6(11)9-5-3-2-4-7(9)10-8(12)13-9/h7H,2-5H2,1H3,(H,10,12)/t7-,9-/m0/s1. The number of Topliss-reactive ketones (excluding diaryl/α,β-unsaturated/α-hetero) is 1. The van der Waals surface area contributed by atoms with Gasteiger partial charge in [0.1, 0.15) is 0 Å². The van der Waals surface area contributed by atoms with Gasteiger partial charge in [0, 0.05) is 0 Å². The maximum Gasteiger partial charge on any atom is 0.408 e. The molecule has 1 amide bonds. The van der Waals surface area contributed by atoms with Crippen molar-refractivity contribution in [2.75, 3.05) is 0 Å². The molecule has 0 aromatic heterocycles. The smallest absolute Gasteiger partial charge is 0.408 e. The van der Waals surface area contributed by atoms with Gasteiger partial charge in [-0.3, -0.25) is 4.79 Å². The number of ether oxygens (including phenoxy) is 1. The number of rotatable bonds is 1. The molecule has 2 fully saturated rings. The molecule has 2 aliphatic rings. The van der Waals surface area contributed by atoms with E-state index in [1.807, 2.05) is 0 Å². The molecule has 1 saturated heterocycles. The van der Waals surface area contributed by atoms with Crippen LogP contribution in [0.15, 0.2) is 0 Å². The van der Waals surface area contributed by atoms with Crippen LogP contribution < -0.4 is 5.32 Å². The highest BCUT2D eigenvalue weighted by molar-refractivity contribution is 5.91. The van der Waals surface area contributed by atoms with Crippen LogP contribution in [0.3, 0.4) is 0 Å². The van der Waals surface area contributed by atoms with Crippen molar-refractivity contribution in [3.8, 4) is 0 Å². The second-order valence-electron chi connectivity index (χ2n) is 3.78. The van der Waals surface area contributed by atoms with Gasteiger partial charge in [0.2, 0.25) is 0 Å². The molecule has 4 heteroatoms. The van der Waals surface area contributed by atoms with Crippen molar-refractivity contribution >= 4 is 11.9 Å². The van der Waals surface area contributed by atoms with Gasteiger partial charge in [-0.05, 0) is 26.2 Å². The van der Waals surface area contributed by atoms with Crippen molar-refractivity contribution in [3.63, 3.8) is 0 Å². The fourth-order valence-corrected chi connectivity index (χ4v) is 2.28. The molecule has 0 bridgehead atoms. The fourth-order valence-electron chi connectivity index (χ4n) is 2.28. The Balaban J connectivity index is 2.29. The molecule has 0 unspecified atom stereocenters. The summed E-state index contributed by atoms with van der Waals surface area (Å²) in [5.41, 5.74) is -0.838. The van der Waals surface area contributed by atoms with E-state index in [2.05, 4.69) is 5.32 Å². The molecule has 72 valence electrons. The minimum absolute atomic E-state index is 0.0319. The lowest BCUT2D eigenvalue weighted by Crippen LogP contribution is -2.51. The Kier molecular flexibility index (Phi) is 1.78. The van der Waals surface area contributed by atoms with Crippen LogP contribution in [0.5, 0.6) is 0 Å². The minimum Gasteiger partial charge on any atom is -0.433 e. The van der Waals surface area contributed by atoms with Crippen molar-refractivity contribution in [2.24, 2.45) is 0 Å².